The molecule has 220 valence electrons. The van der Waals surface area contributed by atoms with Crippen LogP contribution in [0.4, 0.5) is 18.9 Å². The van der Waals surface area contributed by atoms with Crippen LogP contribution in [0.25, 0.3) is 0 Å². The SMILES string of the molecule is C=CC(=O)NCC1CN(Cc2cc3c(c(C(F)(F)F)c2)CN(c2cccc(C4(c5nncn5C)CC(C)C4)c2)C3=O)C1. The standard InChI is InChI=1S/C31H33F3N6O2/c1-4-27(41)35-13-21-15-39(16-21)14-20-8-24-25(26(9-20)31(32,33)34)17-40(28(24)42)23-7-5-6-22(10-23)30(11-19(2)12-30)29-37-36-18-38(29)3/h4-10,18-19,21H,1,11-17H2,2-3H3,(H,35,41). The van der Waals surface area contributed by atoms with Crippen LogP contribution in [0.2, 0.25) is 0 Å². The molecule has 0 bridgehead atoms. The number of nitrogens with one attached hydrogen (secondary N) is 1. The third kappa shape index (κ3) is 4.89. The number of anilines is 1. The summed E-state index contributed by atoms with van der Waals surface area (Å²) >= 11 is 0. The molecule has 42 heavy (non-hydrogen) atoms. The highest BCUT2D eigenvalue weighted by molar-refractivity contribution is 6.10. The number of benzene rings is 2. The predicted molar refractivity (Wildman–Crippen MR) is 151 cm³/mol. The van der Waals surface area contributed by atoms with E-state index in [1.807, 2.05) is 34.7 Å². The van der Waals surface area contributed by atoms with Gasteiger partial charge in [0, 0.05) is 50.4 Å². The highest BCUT2D eigenvalue weighted by Crippen LogP contribution is 2.52. The topological polar surface area (TPSA) is 83.4 Å². The fourth-order valence-electron chi connectivity index (χ4n) is 6.90. The van der Waals surface area contributed by atoms with E-state index in [2.05, 4.69) is 29.0 Å². The van der Waals surface area contributed by atoms with Crippen LogP contribution in [0.15, 0.2) is 55.4 Å². The molecule has 6 rings (SSSR count). The molecular weight excluding hydrogens is 545 g/mol. The molecule has 11 heteroatoms. The van der Waals surface area contributed by atoms with Gasteiger partial charge in [0.25, 0.3) is 5.91 Å². The summed E-state index contributed by atoms with van der Waals surface area (Å²) in [7, 11) is 1.90. The highest BCUT2D eigenvalue weighted by Gasteiger charge is 2.48. The van der Waals surface area contributed by atoms with Gasteiger partial charge in [-0.05, 0) is 65.8 Å². The van der Waals surface area contributed by atoms with E-state index in [0.29, 0.717) is 43.3 Å². The summed E-state index contributed by atoms with van der Waals surface area (Å²) < 4.78 is 44.8. The van der Waals surface area contributed by atoms with Crippen LogP contribution in [0, 0.1) is 11.8 Å². The Kier molecular flexibility index (Phi) is 6.95. The zero-order valence-corrected chi connectivity index (χ0v) is 23.6. The van der Waals surface area contributed by atoms with E-state index in [1.165, 1.54) is 17.0 Å². The van der Waals surface area contributed by atoms with Crippen LogP contribution >= 0.6 is 0 Å². The number of amides is 2. The van der Waals surface area contributed by atoms with E-state index < -0.39 is 17.6 Å². The number of carbonyl (C=O) groups is 2. The first-order chi connectivity index (χ1) is 20.0. The number of aryl methyl sites for hydroxylation is 1. The Morgan fingerprint density at radius 1 is 1.21 bits per heavy atom. The van der Waals surface area contributed by atoms with Gasteiger partial charge in [-0.25, -0.2) is 0 Å². The van der Waals surface area contributed by atoms with E-state index in [-0.39, 0.29) is 34.9 Å². The van der Waals surface area contributed by atoms with Crippen LogP contribution < -0.4 is 10.2 Å². The van der Waals surface area contributed by atoms with Crippen molar-refractivity contribution in [2.75, 3.05) is 24.5 Å². The van der Waals surface area contributed by atoms with Gasteiger partial charge < -0.3 is 14.8 Å². The largest absolute Gasteiger partial charge is 0.416 e. The van der Waals surface area contributed by atoms with Crippen LogP contribution in [0.5, 0.6) is 0 Å². The van der Waals surface area contributed by atoms with E-state index >= 15 is 0 Å². The molecule has 0 atom stereocenters. The third-order valence-corrected chi connectivity index (χ3v) is 8.84. The van der Waals surface area contributed by atoms with Crippen LogP contribution in [-0.4, -0.2) is 51.1 Å². The number of aromatic nitrogens is 3. The molecule has 2 aliphatic heterocycles. The van der Waals surface area contributed by atoms with Gasteiger partial charge >= 0.3 is 6.18 Å². The molecule has 1 saturated heterocycles. The van der Waals surface area contributed by atoms with Crippen LogP contribution in [0.1, 0.15) is 58.2 Å². The number of fused-ring (bicyclic) bond motifs is 1. The third-order valence-electron chi connectivity index (χ3n) is 8.84. The van der Waals surface area contributed by atoms with Crippen molar-refractivity contribution in [3.63, 3.8) is 0 Å². The maximum absolute atomic E-state index is 14.3. The van der Waals surface area contributed by atoms with Crippen molar-refractivity contribution in [2.45, 2.75) is 44.4 Å². The minimum absolute atomic E-state index is 0.00978. The van der Waals surface area contributed by atoms with Crippen molar-refractivity contribution in [2.24, 2.45) is 18.9 Å². The number of hydrogen-bond donors (Lipinski definition) is 1. The van der Waals surface area contributed by atoms with Gasteiger partial charge in [0.15, 0.2) is 0 Å². The van der Waals surface area contributed by atoms with Crippen molar-refractivity contribution in [3.05, 3.63) is 89.0 Å². The predicted octanol–water partition coefficient (Wildman–Crippen LogP) is 4.44. The van der Waals surface area contributed by atoms with Crippen molar-refractivity contribution in [1.29, 1.82) is 0 Å². The first-order valence-electron chi connectivity index (χ1n) is 14.1. The van der Waals surface area contributed by atoms with E-state index in [1.54, 1.807) is 18.5 Å². The molecule has 1 saturated carbocycles. The minimum Gasteiger partial charge on any atom is -0.352 e. The van der Waals surface area contributed by atoms with Gasteiger partial charge in [-0.1, -0.05) is 25.6 Å². The summed E-state index contributed by atoms with van der Waals surface area (Å²) in [4.78, 5) is 28.5. The maximum atomic E-state index is 14.3. The number of halogens is 3. The molecule has 0 radical (unpaired) electrons. The summed E-state index contributed by atoms with van der Waals surface area (Å²) in [6.07, 6.45) is 0.0251. The lowest BCUT2D eigenvalue weighted by Crippen LogP contribution is -2.50. The first-order valence-corrected chi connectivity index (χ1v) is 14.1. The van der Waals surface area contributed by atoms with E-state index in [4.69, 9.17) is 0 Å². The molecular formula is C31H33F3N6O2. The molecule has 3 aliphatic rings. The number of rotatable bonds is 8. The second-order valence-corrected chi connectivity index (χ2v) is 12.0. The molecule has 2 amide bonds. The molecule has 2 aromatic carbocycles. The Morgan fingerprint density at radius 2 is 1.98 bits per heavy atom. The van der Waals surface area contributed by atoms with Crippen molar-refractivity contribution < 1.29 is 22.8 Å². The van der Waals surface area contributed by atoms with E-state index in [9.17, 15) is 22.8 Å². The summed E-state index contributed by atoms with van der Waals surface area (Å²) in [5.41, 5.74) is 0.979. The summed E-state index contributed by atoms with van der Waals surface area (Å²) in [5, 5.41) is 11.2. The number of likely N-dealkylation sites (tertiary alicyclic amines) is 1. The van der Waals surface area contributed by atoms with Gasteiger partial charge in [0.05, 0.1) is 17.5 Å². The lowest BCUT2D eigenvalue weighted by Gasteiger charge is -2.46. The van der Waals surface area contributed by atoms with Crippen LogP contribution in [-0.2, 0) is 36.5 Å². The fourth-order valence-corrected chi connectivity index (χ4v) is 6.90. The molecule has 3 heterocycles. The molecule has 0 spiro atoms. The molecule has 2 fully saturated rings. The first kappa shape index (κ1) is 28.1. The lowest BCUT2D eigenvalue weighted by atomic mass is 9.58. The van der Waals surface area contributed by atoms with Crippen LogP contribution in [0.3, 0.4) is 0 Å². The average molecular weight is 579 g/mol. The van der Waals surface area contributed by atoms with Gasteiger partial charge in [0.1, 0.15) is 12.2 Å². The summed E-state index contributed by atoms with van der Waals surface area (Å²) in [6.45, 7) is 7.54. The number of carbonyl (C=O) groups excluding carboxylic acids is 2. The summed E-state index contributed by atoms with van der Waals surface area (Å²) in [6, 6.07) is 10.3. The van der Waals surface area contributed by atoms with Gasteiger partial charge in [0.2, 0.25) is 5.91 Å². The lowest BCUT2D eigenvalue weighted by molar-refractivity contribution is -0.138. The molecule has 1 aliphatic carbocycles. The minimum atomic E-state index is -4.60. The zero-order valence-electron chi connectivity index (χ0n) is 23.6. The second-order valence-electron chi connectivity index (χ2n) is 12.0. The van der Waals surface area contributed by atoms with Crippen molar-refractivity contribution in [3.8, 4) is 0 Å². The molecule has 0 unspecified atom stereocenters. The molecule has 1 aromatic heterocycles. The quantitative estimate of drug-likeness (QED) is 0.400. The Hall–Kier alpha value is -3.99. The number of alkyl halides is 3. The second kappa shape index (κ2) is 10.4. The Bertz CT molecular complexity index is 1550. The monoisotopic (exact) mass is 578 g/mol. The highest BCUT2D eigenvalue weighted by atomic mass is 19.4. The zero-order chi connectivity index (χ0) is 29.8. The smallest absolute Gasteiger partial charge is 0.352 e. The maximum Gasteiger partial charge on any atom is 0.416 e. The fraction of sp³-hybridized carbons (Fsp3) is 0.419. The number of hydrogen-bond acceptors (Lipinski definition) is 5. The molecule has 1 N–H and O–H groups in total. The Labute approximate surface area is 242 Å². The summed E-state index contributed by atoms with van der Waals surface area (Å²) in [5.74, 6) is 0.871. The Balaban J connectivity index is 1.25. The van der Waals surface area contributed by atoms with Crippen molar-refractivity contribution in [1.82, 2.24) is 25.0 Å². The Morgan fingerprint density at radius 3 is 2.62 bits per heavy atom. The van der Waals surface area contributed by atoms with E-state index in [0.717, 1.165) is 24.2 Å². The number of nitrogens with zero attached hydrogens (tertiary/aromatic N) is 5. The average Bonchev–Trinajstić information content (AvgIpc) is 3.49. The van der Waals surface area contributed by atoms with Gasteiger partial charge in [-0.2, -0.15) is 13.2 Å². The normalized spacial score (nSPS) is 22.5. The van der Waals surface area contributed by atoms with Gasteiger partial charge in [-0.3, -0.25) is 14.5 Å². The molecule has 3 aromatic rings. The van der Waals surface area contributed by atoms with Gasteiger partial charge in [-0.15, -0.1) is 10.2 Å². The molecule has 8 nitrogen and oxygen atoms in total. The van der Waals surface area contributed by atoms with Crippen molar-refractivity contribution >= 4 is 17.5 Å².